The summed E-state index contributed by atoms with van der Waals surface area (Å²) < 4.78 is 13.3. The molecule has 0 saturated carbocycles. The van der Waals surface area contributed by atoms with Gasteiger partial charge in [-0.25, -0.2) is 4.39 Å². The number of guanidine groups is 1. The summed E-state index contributed by atoms with van der Waals surface area (Å²) in [6.07, 6.45) is 0.792. The Hall–Kier alpha value is -0.250. The number of rotatable bonds is 6. The fourth-order valence-corrected chi connectivity index (χ4v) is 4.44. The number of benzene rings is 1. The van der Waals surface area contributed by atoms with Crippen LogP contribution in [0.25, 0.3) is 0 Å². The molecule has 1 aliphatic rings. The second-order valence-electron chi connectivity index (χ2n) is 7.08. The topological polar surface area (TPSA) is 56.7 Å². The van der Waals surface area contributed by atoms with Gasteiger partial charge in [0.15, 0.2) is 5.96 Å². The van der Waals surface area contributed by atoms with Gasteiger partial charge in [0.2, 0.25) is 0 Å². The van der Waals surface area contributed by atoms with E-state index in [0.29, 0.717) is 24.1 Å². The third kappa shape index (κ3) is 6.73. The molecular weight excluding hydrogens is 488 g/mol. The predicted molar refractivity (Wildman–Crippen MR) is 121 cm³/mol. The van der Waals surface area contributed by atoms with E-state index in [1.807, 2.05) is 20.8 Å². The monoisotopic (exact) mass is 515 g/mol. The summed E-state index contributed by atoms with van der Waals surface area (Å²) in [7, 11) is 0. The molecule has 1 unspecified atom stereocenters. The van der Waals surface area contributed by atoms with Crippen molar-refractivity contribution in [1.29, 1.82) is 0 Å². The zero-order chi connectivity index (χ0) is 18.5. The molecule has 0 aromatic heterocycles. The first kappa shape index (κ1) is 23.8. The Bertz CT molecular complexity index is 624. The zero-order valence-electron chi connectivity index (χ0n) is 15.4. The fraction of sp³-hybridized carbons (Fsp3) is 0.611. The van der Waals surface area contributed by atoms with Crippen LogP contribution in [-0.2, 0) is 5.41 Å². The van der Waals surface area contributed by atoms with Gasteiger partial charge in [-0.1, -0.05) is 31.5 Å². The second kappa shape index (κ2) is 10.3. The van der Waals surface area contributed by atoms with Crippen molar-refractivity contribution in [2.24, 2.45) is 4.99 Å². The molecule has 0 aliphatic carbocycles. The molecule has 148 valence electrons. The number of nitrogens with zero attached hydrogens (tertiary/aromatic N) is 1. The first-order valence-electron chi connectivity index (χ1n) is 8.54. The van der Waals surface area contributed by atoms with Crippen LogP contribution >= 0.6 is 47.3 Å². The van der Waals surface area contributed by atoms with Gasteiger partial charge in [-0.3, -0.25) is 4.99 Å². The number of nitrogens with one attached hydrogen (secondary N) is 2. The maximum absolute atomic E-state index is 13.3. The van der Waals surface area contributed by atoms with Gasteiger partial charge in [0.1, 0.15) is 5.82 Å². The lowest BCUT2D eigenvalue weighted by Gasteiger charge is -2.26. The van der Waals surface area contributed by atoms with Crippen molar-refractivity contribution in [2.75, 3.05) is 31.1 Å². The smallest absolute Gasteiger partial charge is 0.191 e. The summed E-state index contributed by atoms with van der Waals surface area (Å²) in [5, 5.41) is 17.3. The molecule has 2 rings (SSSR count). The van der Waals surface area contributed by atoms with E-state index in [2.05, 4.69) is 15.6 Å². The summed E-state index contributed by atoms with van der Waals surface area (Å²) >= 11 is 7.97. The lowest BCUT2D eigenvalue weighted by atomic mass is 9.84. The van der Waals surface area contributed by atoms with Gasteiger partial charge in [-0.15, -0.1) is 24.0 Å². The summed E-state index contributed by atoms with van der Waals surface area (Å²) in [5.41, 5.74) is -0.148. The normalized spacial score (nSPS) is 20.6. The summed E-state index contributed by atoms with van der Waals surface area (Å²) in [4.78, 5) is 4.64. The maximum Gasteiger partial charge on any atom is 0.191 e. The molecule has 0 spiro atoms. The molecule has 8 heteroatoms. The molecule has 1 fully saturated rings. The lowest BCUT2D eigenvalue weighted by Crippen LogP contribution is -2.47. The number of aliphatic imine (C=N–C) groups is 1. The van der Waals surface area contributed by atoms with Crippen LogP contribution in [0, 0.1) is 5.82 Å². The van der Waals surface area contributed by atoms with E-state index >= 15 is 0 Å². The highest BCUT2D eigenvalue weighted by molar-refractivity contribution is 14.0. The van der Waals surface area contributed by atoms with Crippen molar-refractivity contribution in [3.63, 3.8) is 0 Å². The van der Waals surface area contributed by atoms with E-state index in [4.69, 9.17) is 11.6 Å². The van der Waals surface area contributed by atoms with Gasteiger partial charge >= 0.3 is 0 Å². The molecule has 3 N–H and O–H groups in total. The quantitative estimate of drug-likeness (QED) is 0.306. The zero-order valence-corrected chi connectivity index (χ0v) is 19.3. The summed E-state index contributed by atoms with van der Waals surface area (Å²) in [6.45, 7) is 7.75. The molecule has 1 aromatic carbocycles. The molecule has 1 aliphatic heterocycles. The van der Waals surface area contributed by atoms with E-state index in [-0.39, 0.29) is 35.2 Å². The van der Waals surface area contributed by atoms with Crippen molar-refractivity contribution < 1.29 is 9.50 Å². The molecule has 0 radical (unpaired) electrons. The van der Waals surface area contributed by atoms with Crippen molar-refractivity contribution >= 4 is 53.3 Å². The highest BCUT2D eigenvalue weighted by Gasteiger charge is 2.31. The molecule has 4 nitrogen and oxygen atoms in total. The average Bonchev–Trinajstić information content (AvgIpc) is 2.97. The van der Waals surface area contributed by atoms with E-state index in [1.165, 1.54) is 12.1 Å². The van der Waals surface area contributed by atoms with Crippen LogP contribution in [0.1, 0.15) is 32.8 Å². The van der Waals surface area contributed by atoms with Crippen LogP contribution in [0.3, 0.4) is 0 Å². The largest absolute Gasteiger partial charge is 0.387 e. The number of hydrogen-bond acceptors (Lipinski definition) is 3. The van der Waals surface area contributed by atoms with Gasteiger partial charge in [-0.2, -0.15) is 11.8 Å². The average molecular weight is 516 g/mol. The van der Waals surface area contributed by atoms with E-state index in [0.717, 1.165) is 30.0 Å². The SMILES string of the molecule is CCNC(=NCC(C)(C)c1ccc(F)cc1Cl)NCC1(O)CCSC1.I. The van der Waals surface area contributed by atoms with Gasteiger partial charge in [0.05, 0.1) is 12.1 Å². The summed E-state index contributed by atoms with van der Waals surface area (Å²) in [5.74, 6) is 2.06. The predicted octanol–water partition coefficient (Wildman–Crippen LogP) is 3.80. The van der Waals surface area contributed by atoms with Crippen LogP contribution in [0.15, 0.2) is 23.2 Å². The standard InChI is InChI=1S/C18H27ClFN3OS.HI/c1-4-21-16(23-11-18(24)7-8-25-12-18)22-10-17(2,3)14-6-5-13(20)9-15(14)19;/h5-6,9,24H,4,7-8,10-12H2,1-3H3,(H2,21,22,23);1H. The Morgan fingerprint density at radius 1 is 1.42 bits per heavy atom. The lowest BCUT2D eigenvalue weighted by molar-refractivity contribution is 0.0724. The molecule has 1 saturated heterocycles. The first-order valence-corrected chi connectivity index (χ1v) is 10.1. The third-order valence-electron chi connectivity index (χ3n) is 4.30. The van der Waals surface area contributed by atoms with Crippen molar-refractivity contribution in [1.82, 2.24) is 10.6 Å². The number of halogens is 3. The van der Waals surface area contributed by atoms with Gasteiger partial charge in [0, 0.05) is 29.3 Å². The van der Waals surface area contributed by atoms with Gasteiger partial charge < -0.3 is 15.7 Å². The van der Waals surface area contributed by atoms with Crippen LogP contribution < -0.4 is 10.6 Å². The Morgan fingerprint density at radius 3 is 2.73 bits per heavy atom. The molecule has 1 atom stereocenters. The first-order chi connectivity index (χ1) is 11.8. The van der Waals surface area contributed by atoms with Crippen LogP contribution in [0.4, 0.5) is 4.39 Å². The fourth-order valence-electron chi connectivity index (χ4n) is 2.73. The minimum Gasteiger partial charge on any atom is -0.387 e. The molecule has 0 bridgehead atoms. The van der Waals surface area contributed by atoms with Crippen molar-refractivity contribution in [2.45, 2.75) is 38.2 Å². The Kier molecular flexibility index (Phi) is 9.46. The summed E-state index contributed by atoms with van der Waals surface area (Å²) in [6, 6.07) is 4.47. The van der Waals surface area contributed by atoms with E-state index < -0.39 is 5.60 Å². The molecular formula is C18H28ClFIN3OS. The highest BCUT2D eigenvalue weighted by atomic mass is 127. The molecule has 26 heavy (non-hydrogen) atoms. The molecule has 1 aromatic rings. The van der Waals surface area contributed by atoms with Gasteiger partial charge in [-0.05, 0) is 36.8 Å². The third-order valence-corrected chi connectivity index (χ3v) is 5.85. The Balaban J connectivity index is 0.00000338. The molecule has 0 amide bonds. The van der Waals surface area contributed by atoms with Crippen LogP contribution in [0.2, 0.25) is 5.02 Å². The van der Waals surface area contributed by atoms with Crippen LogP contribution in [0.5, 0.6) is 0 Å². The molecule has 1 heterocycles. The van der Waals surface area contributed by atoms with E-state index in [1.54, 1.807) is 17.8 Å². The maximum atomic E-state index is 13.3. The van der Waals surface area contributed by atoms with E-state index in [9.17, 15) is 9.50 Å². The van der Waals surface area contributed by atoms with Crippen molar-refractivity contribution in [3.8, 4) is 0 Å². The highest BCUT2D eigenvalue weighted by Crippen LogP contribution is 2.31. The van der Waals surface area contributed by atoms with Crippen molar-refractivity contribution in [3.05, 3.63) is 34.6 Å². The number of aliphatic hydroxyl groups is 1. The van der Waals surface area contributed by atoms with Gasteiger partial charge in [0.25, 0.3) is 0 Å². The van der Waals surface area contributed by atoms with Crippen LogP contribution in [-0.4, -0.2) is 47.8 Å². The number of hydrogen-bond donors (Lipinski definition) is 3. The number of thioether (sulfide) groups is 1. The Labute approximate surface area is 181 Å². The minimum atomic E-state index is -0.670. The second-order valence-corrected chi connectivity index (χ2v) is 8.60. The minimum absolute atomic E-state index is 0. The Morgan fingerprint density at radius 2 is 2.15 bits per heavy atom.